The highest BCUT2D eigenvalue weighted by Crippen LogP contribution is 2.18. The quantitative estimate of drug-likeness (QED) is 0.320. The number of unbranched alkanes of at least 4 members (excludes halogenated alkanes) is 6. The fourth-order valence-corrected chi connectivity index (χ4v) is 2.90. The van der Waals surface area contributed by atoms with Gasteiger partial charge in [-0.25, -0.2) is 8.78 Å². The summed E-state index contributed by atoms with van der Waals surface area (Å²) in [5, 5.41) is 0. The molecule has 0 saturated heterocycles. The van der Waals surface area contributed by atoms with Gasteiger partial charge in [-0.05, 0) is 30.5 Å². The van der Waals surface area contributed by atoms with Crippen molar-refractivity contribution >= 4 is 0 Å². The minimum absolute atomic E-state index is 0.207. The molecular weight excluding hydrogens is 326 g/mol. The van der Waals surface area contributed by atoms with Crippen LogP contribution in [0.2, 0.25) is 0 Å². The molecule has 0 saturated carbocycles. The van der Waals surface area contributed by atoms with Crippen molar-refractivity contribution in [2.24, 2.45) is 0 Å². The SMILES string of the molecule is CCCCCCCCCC(Cc1cc(F)cc(F)c1)OC(OC)OC. The number of ether oxygens (including phenoxy) is 3. The second-order valence-corrected chi connectivity index (χ2v) is 6.41. The highest BCUT2D eigenvalue weighted by Gasteiger charge is 2.17. The van der Waals surface area contributed by atoms with Crippen LogP contribution in [-0.4, -0.2) is 26.8 Å². The number of rotatable bonds is 14. The van der Waals surface area contributed by atoms with E-state index >= 15 is 0 Å². The molecule has 5 heteroatoms. The third kappa shape index (κ3) is 9.88. The van der Waals surface area contributed by atoms with Crippen molar-refractivity contribution in [2.75, 3.05) is 14.2 Å². The molecule has 0 N–H and O–H groups in total. The number of methoxy groups -OCH3 is 2. The Morgan fingerprint density at radius 2 is 1.40 bits per heavy atom. The van der Waals surface area contributed by atoms with Crippen molar-refractivity contribution in [3.05, 3.63) is 35.4 Å². The zero-order valence-corrected chi connectivity index (χ0v) is 15.7. The van der Waals surface area contributed by atoms with Crippen LogP contribution in [0.3, 0.4) is 0 Å². The van der Waals surface area contributed by atoms with Crippen molar-refractivity contribution in [3.63, 3.8) is 0 Å². The van der Waals surface area contributed by atoms with Crippen LogP contribution in [0.15, 0.2) is 18.2 Å². The molecule has 0 spiro atoms. The van der Waals surface area contributed by atoms with Gasteiger partial charge >= 0.3 is 0 Å². The van der Waals surface area contributed by atoms with Gasteiger partial charge in [-0.3, -0.25) is 0 Å². The van der Waals surface area contributed by atoms with Crippen molar-refractivity contribution in [1.29, 1.82) is 0 Å². The van der Waals surface area contributed by atoms with E-state index in [0.29, 0.717) is 12.0 Å². The average molecular weight is 358 g/mol. The normalized spacial score (nSPS) is 12.7. The average Bonchev–Trinajstić information content (AvgIpc) is 2.57. The minimum Gasteiger partial charge on any atom is -0.333 e. The van der Waals surface area contributed by atoms with E-state index in [2.05, 4.69) is 6.92 Å². The van der Waals surface area contributed by atoms with Crippen LogP contribution in [0.5, 0.6) is 0 Å². The Hall–Kier alpha value is -1.04. The summed E-state index contributed by atoms with van der Waals surface area (Å²) >= 11 is 0. The Morgan fingerprint density at radius 1 is 0.840 bits per heavy atom. The zero-order chi connectivity index (χ0) is 18.5. The summed E-state index contributed by atoms with van der Waals surface area (Å²) in [4.78, 5) is 0. The highest BCUT2D eigenvalue weighted by molar-refractivity contribution is 5.18. The molecule has 0 aliphatic rings. The first-order chi connectivity index (χ1) is 12.1. The van der Waals surface area contributed by atoms with Gasteiger partial charge in [0.2, 0.25) is 0 Å². The topological polar surface area (TPSA) is 27.7 Å². The lowest BCUT2D eigenvalue weighted by Gasteiger charge is -2.23. The van der Waals surface area contributed by atoms with Crippen molar-refractivity contribution < 1.29 is 23.0 Å². The van der Waals surface area contributed by atoms with E-state index in [-0.39, 0.29) is 6.10 Å². The number of hydrogen-bond acceptors (Lipinski definition) is 3. The van der Waals surface area contributed by atoms with Crippen LogP contribution in [0, 0.1) is 11.6 Å². The van der Waals surface area contributed by atoms with Gasteiger partial charge in [-0.2, -0.15) is 0 Å². The van der Waals surface area contributed by atoms with Crippen LogP contribution in [0.25, 0.3) is 0 Å². The van der Waals surface area contributed by atoms with Gasteiger partial charge in [0.15, 0.2) is 0 Å². The molecule has 1 aromatic rings. The predicted molar refractivity (Wildman–Crippen MR) is 95.4 cm³/mol. The lowest BCUT2D eigenvalue weighted by Crippen LogP contribution is -2.27. The minimum atomic E-state index is -0.770. The largest absolute Gasteiger partial charge is 0.333 e. The molecule has 0 aromatic heterocycles. The van der Waals surface area contributed by atoms with E-state index in [1.807, 2.05) is 0 Å². The first-order valence-corrected chi connectivity index (χ1v) is 9.25. The summed E-state index contributed by atoms with van der Waals surface area (Å²) in [5.41, 5.74) is 0.580. The third-order valence-electron chi connectivity index (χ3n) is 4.20. The summed E-state index contributed by atoms with van der Waals surface area (Å²) in [6.07, 6.45) is 9.45. The van der Waals surface area contributed by atoms with Crippen LogP contribution in [0.1, 0.15) is 63.9 Å². The van der Waals surface area contributed by atoms with Crippen LogP contribution < -0.4 is 0 Å². The van der Waals surface area contributed by atoms with Gasteiger partial charge in [0.25, 0.3) is 6.48 Å². The molecule has 1 unspecified atom stereocenters. The summed E-state index contributed by atoms with van der Waals surface area (Å²) in [5.74, 6) is -1.14. The Morgan fingerprint density at radius 3 is 1.96 bits per heavy atom. The van der Waals surface area contributed by atoms with Crippen LogP contribution in [0.4, 0.5) is 8.78 Å². The molecule has 144 valence electrons. The van der Waals surface area contributed by atoms with E-state index in [1.54, 1.807) is 0 Å². The molecule has 0 heterocycles. The first kappa shape index (κ1) is 22.0. The molecule has 0 bridgehead atoms. The molecule has 0 aliphatic carbocycles. The summed E-state index contributed by atoms with van der Waals surface area (Å²) in [7, 11) is 3.00. The molecule has 1 aromatic carbocycles. The standard InChI is InChI=1S/C20H32F2O3/c1-4-5-6-7-8-9-10-11-19(25-20(23-2)24-3)14-16-12-17(21)15-18(22)13-16/h12-13,15,19-20H,4-11,14H2,1-3H3. The Bertz CT molecular complexity index is 444. The molecule has 0 aliphatic heterocycles. The number of halogens is 2. The van der Waals surface area contributed by atoms with E-state index in [9.17, 15) is 8.78 Å². The molecule has 0 fully saturated rings. The third-order valence-corrected chi connectivity index (χ3v) is 4.20. The maximum absolute atomic E-state index is 13.4. The van der Waals surface area contributed by atoms with Gasteiger partial charge in [-0.1, -0.05) is 51.9 Å². The molecule has 0 radical (unpaired) electrons. The molecule has 3 nitrogen and oxygen atoms in total. The van der Waals surface area contributed by atoms with Crippen molar-refractivity contribution in [2.45, 2.75) is 77.3 Å². The molecule has 0 amide bonds. The van der Waals surface area contributed by atoms with Crippen LogP contribution >= 0.6 is 0 Å². The van der Waals surface area contributed by atoms with E-state index < -0.39 is 18.1 Å². The maximum Gasteiger partial charge on any atom is 0.271 e. The molecular formula is C20H32F2O3. The lowest BCUT2D eigenvalue weighted by molar-refractivity contribution is -0.284. The van der Waals surface area contributed by atoms with Gasteiger partial charge < -0.3 is 14.2 Å². The second kappa shape index (κ2) is 13.2. The Labute approximate surface area is 150 Å². The fraction of sp³-hybridized carbons (Fsp3) is 0.700. The van der Waals surface area contributed by atoms with Gasteiger partial charge in [0.1, 0.15) is 11.6 Å². The summed E-state index contributed by atoms with van der Waals surface area (Å²) in [6.45, 7) is 1.44. The Balaban J connectivity index is 2.51. The molecule has 25 heavy (non-hydrogen) atoms. The van der Waals surface area contributed by atoms with E-state index in [1.165, 1.54) is 58.5 Å². The van der Waals surface area contributed by atoms with Gasteiger partial charge in [0, 0.05) is 20.3 Å². The predicted octanol–water partition coefficient (Wildman–Crippen LogP) is 5.61. The van der Waals surface area contributed by atoms with Gasteiger partial charge in [0.05, 0.1) is 6.10 Å². The zero-order valence-electron chi connectivity index (χ0n) is 15.7. The second-order valence-electron chi connectivity index (χ2n) is 6.41. The number of hydrogen-bond donors (Lipinski definition) is 0. The van der Waals surface area contributed by atoms with Crippen molar-refractivity contribution in [1.82, 2.24) is 0 Å². The van der Waals surface area contributed by atoms with E-state index in [0.717, 1.165) is 25.3 Å². The first-order valence-electron chi connectivity index (χ1n) is 9.25. The van der Waals surface area contributed by atoms with Gasteiger partial charge in [-0.15, -0.1) is 0 Å². The summed E-state index contributed by atoms with van der Waals surface area (Å²) in [6, 6.07) is 3.57. The smallest absolute Gasteiger partial charge is 0.271 e. The Kier molecular flexibility index (Phi) is 11.6. The highest BCUT2D eigenvalue weighted by atomic mass is 19.1. The summed E-state index contributed by atoms with van der Waals surface area (Å²) < 4.78 is 42.8. The number of benzene rings is 1. The lowest BCUT2D eigenvalue weighted by atomic mass is 10.0. The van der Waals surface area contributed by atoms with Crippen molar-refractivity contribution in [3.8, 4) is 0 Å². The fourth-order valence-electron chi connectivity index (χ4n) is 2.90. The maximum atomic E-state index is 13.4. The monoisotopic (exact) mass is 358 g/mol. The molecule has 1 rings (SSSR count). The van der Waals surface area contributed by atoms with E-state index in [4.69, 9.17) is 14.2 Å². The molecule has 1 atom stereocenters. The van der Waals surface area contributed by atoms with Crippen LogP contribution in [-0.2, 0) is 20.6 Å².